The summed E-state index contributed by atoms with van der Waals surface area (Å²) in [6.45, 7) is 10.6. The number of rotatable bonds is 10. The Labute approximate surface area is 181 Å². The molecule has 0 aliphatic rings. The number of nitrogens with one attached hydrogen (secondary N) is 1. The molecule has 2 rings (SSSR count). The maximum absolute atomic E-state index is 13.4. The van der Waals surface area contributed by atoms with Gasteiger partial charge in [-0.2, -0.15) is 0 Å². The topological polar surface area (TPSA) is 49.4 Å². The van der Waals surface area contributed by atoms with Crippen molar-refractivity contribution < 1.29 is 9.59 Å². The molecule has 4 nitrogen and oxygen atoms in total. The average Bonchev–Trinajstić information content (AvgIpc) is 2.70. The highest BCUT2D eigenvalue weighted by molar-refractivity contribution is 5.88. The lowest BCUT2D eigenvalue weighted by molar-refractivity contribution is -0.140. The van der Waals surface area contributed by atoms with Crippen LogP contribution >= 0.6 is 0 Å². The highest BCUT2D eigenvalue weighted by Gasteiger charge is 2.28. The molecule has 0 spiro atoms. The molecule has 0 saturated carbocycles. The van der Waals surface area contributed by atoms with Gasteiger partial charge >= 0.3 is 0 Å². The maximum Gasteiger partial charge on any atom is 0.243 e. The molecule has 2 atom stereocenters. The van der Waals surface area contributed by atoms with Crippen molar-refractivity contribution in [2.75, 3.05) is 6.54 Å². The van der Waals surface area contributed by atoms with E-state index in [0.717, 1.165) is 29.5 Å². The van der Waals surface area contributed by atoms with E-state index in [2.05, 4.69) is 35.6 Å². The van der Waals surface area contributed by atoms with Crippen LogP contribution in [0.5, 0.6) is 0 Å². The van der Waals surface area contributed by atoms with Crippen LogP contribution in [0.4, 0.5) is 0 Å². The lowest BCUT2D eigenvalue weighted by Crippen LogP contribution is -2.52. The number of carbonyl (C=O) groups excluding carboxylic acids is 2. The van der Waals surface area contributed by atoms with E-state index in [4.69, 9.17) is 0 Å². The fourth-order valence-corrected chi connectivity index (χ4v) is 3.78. The Kier molecular flexibility index (Phi) is 9.10. The zero-order valence-electron chi connectivity index (χ0n) is 19.1. The maximum atomic E-state index is 13.4. The third-order valence-corrected chi connectivity index (χ3v) is 5.51. The van der Waals surface area contributed by atoms with Crippen molar-refractivity contribution in [2.45, 2.75) is 72.4 Å². The molecular weight excluding hydrogens is 372 g/mol. The molecule has 0 bridgehead atoms. The number of hydrogen-bond acceptors (Lipinski definition) is 2. The second kappa shape index (κ2) is 11.5. The molecule has 0 radical (unpaired) electrons. The molecule has 2 aromatic rings. The van der Waals surface area contributed by atoms with Gasteiger partial charge in [-0.1, -0.05) is 73.5 Å². The van der Waals surface area contributed by atoms with Crippen LogP contribution < -0.4 is 5.32 Å². The van der Waals surface area contributed by atoms with E-state index in [-0.39, 0.29) is 17.9 Å². The Balaban J connectivity index is 2.23. The predicted octanol–water partition coefficient (Wildman–Crippen LogP) is 4.61. The standard InChI is InChI=1S/C26H36N2O2/c1-6-21(5)27-26(30)24(7-2)28(14-13-22-11-9-8-10-12-22)25(29)18-23-16-19(3)15-20(4)17-23/h8-12,15-17,21,24H,6-7,13-14,18H2,1-5H3,(H,27,30)/t21-,24+/m0/s1. The van der Waals surface area contributed by atoms with E-state index >= 15 is 0 Å². The van der Waals surface area contributed by atoms with Crippen LogP contribution in [0.25, 0.3) is 0 Å². The van der Waals surface area contributed by atoms with Gasteiger partial charge in [0.1, 0.15) is 6.04 Å². The highest BCUT2D eigenvalue weighted by Crippen LogP contribution is 2.15. The minimum absolute atomic E-state index is 0.00193. The first kappa shape index (κ1) is 23.7. The minimum Gasteiger partial charge on any atom is -0.352 e. The van der Waals surface area contributed by atoms with E-state index in [1.54, 1.807) is 4.90 Å². The predicted molar refractivity (Wildman–Crippen MR) is 123 cm³/mol. The molecule has 0 heterocycles. The number of carbonyl (C=O) groups is 2. The Bertz CT molecular complexity index is 812. The molecule has 30 heavy (non-hydrogen) atoms. The first-order valence-corrected chi connectivity index (χ1v) is 11.0. The molecule has 2 amide bonds. The summed E-state index contributed by atoms with van der Waals surface area (Å²) in [5.74, 6) is -0.0595. The largest absolute Gasteiger partial charge is 0.352 e. The van der Waals surface area contributed by atoms with Gasteiger partial charge in [0.2, 0.25) is 11.8 Å². The summed E-state index contributed by atoms with van der Waals surface area (Å²) in [6, 6.07) is 16.0. The van der Waals surface area contributed by atoms with Gasteiger partial charge < -0.3 is 10.2 Å². The fraction of sp³-hybridized carbons (Fsp3) is 0.462. The summed E-state index contributed by atoms with van der Waals surface area (Å²) in [5, 5.41) is 3.06. The van der Waals surface area contributed by atoms with Crippen LogP contribution in [-0.2, 0) is 22.4 Å². The van der Waals surface area contributed by atoms with Crippen LogP contribution in [-0.4, -0.2) is 35.3 Å². The number of nitrogens with zero attached hydrogens (tertiary/aromatic N) is 1. The Hall–Kier alpha value is -2.62. The molecule has 0 fully saturated rings. The van der Waals surface area contributed by atoms with Crippen molar-refractivity contribution in [3.05, 3.63) is 70.8 Å². The molecule has 0 unspecified atom stereocenters. The lowest BCUT2D eigenvalue weighted by Gasteiger charge is -2.31. The van der Waals surface area contributed by atoms with Crippen LogP contribution in [0, 0.1) is 13.8 Å². The van der Waals surface area contributed by atoms with E-state index in [1.165, 1.54) is 5.56 Å². The van der Waals surface area contributed by atoms with E-state index in [1.807, 2.05) is 52.8 Å². The van der Waals surface area contributed by atoms with E-state index in [0.29, 0.717) is 19.4 Å². The summed E-state index contributed by atoms with van der Waals surface area (Å²) in [5.41, 5.74) is 4.46. The summed E-state index contributed by atoms with van der Waals surface area (Å²) in [7, 11) is 0. The molecule has 0 aliphatic heterocycles. The second-order valence-electron chi connectivity index (χ2n) is 8.24. The zero-order valence-corrected chi connectivity index (χ0v) is 19.1. The average molecular weight is 409 g/mol. The molecule has 0 aromatic heterocycles. The van der Waals surface area contributed by atoms with Gasteiger partial charge in [0.15, 0.2) is 0 Å². The molecule has 162 valence electrons. The molecular formula is C26H36N2O2. The quantitative estimate of drug-likeness (QED) is 0.624. The van der Waals surface area contributed by atoms with Crippen molar-refractivity contribution in [1.82, 2.24) is 10.2 Å². The fourth-order valence-electron chi connectivity index (χ4n) is 3.78. The minimum atomic E-state index is -0.457. The van der Waals surface area contributed by atoms with Crippen LogP contribution in [0.3, 0.4) is 0 Å². The molecule has 2 aromatic carbocycles. The van der Waals surface area contributed by atoms with E-state index < -0.39 is 6.04 Å². The molecule has 0 aliphatic carbocycles. The van der Waals surface area contributed by atoms with Gasteiger partial charge in [-0.3, -0.25) is 9.59 Å². The normalized spacial score (nSPS) is 12.8. The van der Waals surface area contributed by atoms with Crippen molar-refractivity contribution >= 4 is 11.8 Å². The SMILES string of the molecule is CC[C@H](C(=O)N[C@@H](C)CC)N(CCc1ccccc1)C(=O)Cc1cc(C)cc(C)c1. The summed E-state index contributed by atoms with van der Waals surface area (Å²) in [6.07, 6.45) is 2.50. The monoisotopic (exact) mass is 408 g/mol. The molecule has 0 saturated heterocycles. The van der Waals surface area contributed by atoms with Crippen LogP contribution in [0.2, 0.25) is 0 Å². The van der Waals surface area contributed by atoms with Gasteiger partial charge in [-0.05, 0) is 51.2 Å². The number of benzene rings is 2. The first-order chi connectivity index (χ1) is 14.3. The summed E-state index contributed by atoms with van der Waals surface area (Å²) >= 11 is 0. The number of amides is 2. The first-order valence-electron chi connectivity index (χ1n) is 11.0. The van der Waals surface area contributed by atoms with Crippen molar-refractivity contribution in [1.29, 1.82) is 0 Å². The lowest BCUT2D eigenvalue weighted by atomic mass is 10.0. The van der Waals surface area contributed by atoms with Gasteiger partial charge in [-0.25, -0.2) is 0 Å². The summed E-state index contributed by atoms with van der Waals surface area (Å²) in [4.78, 5) is 28.1. The van der Waals surface area contributed by atoms with Crippen LogP contribution in [0.1, 0.15) is 55.9 Å². The molecule has 4 heteroatoms. The Morgan fingerprint density at radius 3 is 2.13 bits per heavy atom. The van der Waals surface area contributed by atoms with Gasteiger partial charge in [0.05, 0.1) is 6.42 Å². The number of hydrogen-bond donors (Lipinski definition) is 1. The van der Waals surface area contributed by atoms with Crippen molar-refractivity contribution in [3.8, 4) is 0 Å². The summed E-state index contributed by atoms with van der Waals surface area (Å²) < 4.78 is 0. The Morgan fingerprint density at radius 2 is 1.57 bits per heavy atom. The van der Waals surface area contributed by atoms with Crippen molar-refractivity contribution in [3.63, 3.8) is 0 Å². The van der Waals surface area contributed by atoms with E-state index in [9.17, 15) is 9.59 Å². The van der Waals surface area contributed by atoms with Gasteiger partial charge in [0.25, 0.3) is 0 Å². The molecule has 1 N–H and O–H groups in total. The Morgan fingerprint density at radius 1 is 0.933 bits per heavy atom. The number of aryl methyl sites for hydroxylation is 2. The van der Waals surface area contributed by atoms with Gasteiger partial charge in [-0.15, -0.1) is 0 Å². The van der Waals surface area contributed by atoms with Crippen LogP contribution in [0.15, 0.2) is 48.5 Å². The third kappa shape index (κ3) is 7.01. The van der Waals surface area contributed by atoms with Gasteiger partial charge in [0, 0.05) is 12.6 Å². The third-order valence-electron chi connectivity index (χ3n) is 5.51. The zero-order chi connectivity index (χ0) is 22.1. The van der Waals surface area contributed by atoms with Crippen molar-refractivity contribution in [2.24, 2.45) is 0 Å². The smallest absolute Gasteiger partial charge is 0.243 e. The second-order valence-corrected chi connectivity index (χ2v) is 8.24. The highest BCUT2D eigenvalue weighted by atomic mass is 16.2.